The summed E-state index contributed by atoms with van der Waals surface area (Å²) in [6.45, 7) is 5.39. The molecule has 3 heteroatoms. The molecule has 1 aliphatic rings. The van der Waals surface area contributed by atoms with Crippen LogP contribution in [-0.2, 0) is 11.2 Å². The van der Waals surface area contributed by atoms with Gasteiger partial charge in [-0.15, -0.1) is 0 Å². The lowest BCUT2D eigenvalue weighted by atomic mass is 9.90. The third-order valence-corrected chi connectivity index (χ3v) is 5.58. The van der Waals surface area contributed by atoms with Gasteiger partial charge in [0.15, 0.2) is 0 Å². The van der Waals surface area contributed by atoms with E-state index in [1.165, 1.54) is 30.4 Å². The fourth-order valence-corrected chi connectivity index (χ4v) is 4.02. The molecule has 1 N–H and O–H groups in total. The minimum absolute atomic E-state index is 0.0671. The molecule has 0 bridgehead atoms. The van der Waals surface area contributed by atoms with Crippen molar-refractivity contribution in [2.24, 2.45) is 5.92 Å². The van der Waals surface area contributed by atoms with Crippen molar-refractivity contribution in [1.82, 2.24) is 4.90 Å². The van der Waals surface area contributed by atoms with Crippen molar-refractivity contribution in [2.75, 3.05) is 26.2 Å². The van der Waals surface area contributed by atoms with Crippen LogP contribution in [0.1, 0.15) is 43.4 Å². The van der Waals surface area contributed by atoms with Crippen molar-refractivity contribution in [3.05, 3.63) is 71.8 Å². The van der Waals surface area contributed by atoms with Crippen molar-refractivity contribution >= 4 is 0 Å². The summed E-state index contributed by atoms with van der Waals surface area (Å²) in [6, 6.07) is 21.1. The van der Waals surface area contributed by atoms with Gasteiger partial charge in [-0.1, -0.05) is 67.6 Å². The molecule has 0 amide bonds. The summed E-state index contributed by atoms with van der Waals surface area (Å²) < 4.78 is 6.00. The Morgan fingerprint density at radius 2 is 1.63 bits per heavy atom. The third kappa shape index (κ3) is 6.46. The molecule has 0 aromatic heterocycles. The number of aliphatic hydroxyl groups excluding tert-OH is 1. The Morgan fingerprint density at radius 1 is 1.00 bits per heavy atom. The molecule has 0 unspecified atom stereocenters. The second-order valence-corrected chi connectivity index (χ2v) is 7.73. The summed E-state index contributed by atoms with van der Waals surface area (Å²) in [5.41, 5.74) is 2.63. The number of benzene rings is 2. The molecule has 0 saturated carbocycles. The van der Waals surface area contributed by atoms with Gasteiger partial charge in [0.05, 0.1) is 18.8 Å². The van der Waals surface area contributed by atoms with Crippen LogP contribution in [0.3, 0.4) is 0 Å². The van der Waals surface area contributed by atoms with E-state index >= 15 is 0 Å². The van der Waals surface area contributed by atoms with Gasteiger partial charge in [-0.05, 0) is 55.8 Å². The van der Waals surface area contributed by atoms with E-state index in [1.807, 2.05) is 18.2 Å². The Bertz CT molecular complexity index is 638. The molecule has 1 saturated heterocycles. The lowest BCUT2D eigenvalue weighted by Crippen LogP contribution is -2.40. The molecular formula is C24H33NO2. The Balaban J connectivity index is 1.37. The highest BCUT2D eigenvalue weighted by atomic mass is 16.5. The quantitative estimate of drug-likeness (QED) is 0.710. The largest absolute Gasteiger partial charge is 0.389 e. The molecule has 1 aliphatic heterocycles. The summed E-state index contributed by atoms with van der Waals surface area (Å²) in [5.74, 6) is 0.764. The van der Waals surface area contributed by atoms with Crippen molar-refractivity contribution in [2.45, 2.75) is 44.8 Å². The zero-order valence-corrected chi connectivity index (χ0v) is 16.5. The van der Waals surface area contributed by atoms with Crippen molar-refractivity contribution in [3.63, 3.8) is 0 Å². The molecule has 2 atom stereocenters. The first-order chi connectivity index (χ1) is 13.2. The van der Waals surface area contributed by atoms with Gasteiger partial charge >= 0.3 is 0 Å². The van der Waals surface area contributed by atoms with Crippen LogP contribution in [0.4, 0.5) is 0 Å². The molecule has 0 aliphatic carbocycles. The highest BCUT2D eigenvalue weighted by Crippen LogP contribution is 2.23. The zero-order valence-electron chi connectivity index (χ0n) is 16.5. The van der Waals surface area contributed by atoms with Gasteiger partial charge in [0.2, 0.25) is 0 Å². The van der Waals surface area contributed by atoms with Crippen LogP contribution in [0.5, 0.6) is 0 Å². The average Bonchev–Trinajstić information content (AvgIpc) is 2.71. The Hall–Kier alpha value is -1.68. The number of aliphatic hydroxyl groups is 1. The van der Waals surface area contributed by atoms with Crippen LogP contribution in [0, 0.1) is 5.92 Å². The minimum Gasteiger partial charge on any atom is -0.389 e. The molecule has 1 fully saturated rings. The SMILES string of the molecule is CC[C@H](OC[C@@H](O)CN1CCC(Cc2ccccc2)CC1)c1ccccc1. The first-order valence-electron chi connectivity index (χ1n) is 10.4. The molecule has 0 radical (unpaired) electrons. The van der Waals surface area contributed by atoms with Gasteiger partial charge in [0.1, 0.15) is 0 Å². The summed E-state index contributed by atoms with van der Waals surface area (Å²) in [4.78, 5) is 2.39. The highest BCUT2D eigenvalue weighted by Gasteiger charge is 2.22. The molecule has 27 heavy (non-hydrogen) atoms. The summed E-state index contributed by atoms with van der Waals surface area (Å²) in [5, 5.41) is 10.4. The number of ether oxygens (including phenoxy) is 1. The fourth-order valence-electron chi connectivity index (χ4n) is 4.02. The molecular weight excluding hydrogens is 334 g/mol. The second kappa shape index (κ2) is 10.6. The van der Waals surface area contributed by atoms with E-state index in [2.05, 4.69) is 54.3 Å². The lowest BCUT2D eigenvalue weighted by molar-refractivity contribution is -0.0266. The van der Waals surface area contributed by atoms with Gasteiger partial charge < -0.3 is 14.7 Å². The van der Waals surface area contributed by atoms with Crippen molar-refractivity contribution < 1.29 is 9.84 Å². The molecule has 2 aromatic carbocycles. The second-order valence-electron chi connectivity index (χ2n) is 7.73. The lowest BCUT2D eigenvalue weighted by Gasteiger charge is -2.33. The first-order valence-corrected chi connectivity index (χ1v) is 10.4. The van der Waals surface area contributed by atoms with Crippen LogP contribution in [-0.4, -0.2) is 42.4 Å². The fraction of sp³-hybridized carbons (Fsp3) is 0.500. The summed E-state index contributed by atoms with van der Waals surface area (Å²) in [7, 11) is 0. The van der Waals surface area contributed by atoms with Crippen LogP contribution in [0.2, 0.25) is 0 Å². The number of piperidine rings is 1. The normalized spacial score (nSPS) is 18.3. The number of β-amino-alcohol motifs (C(OH)–C–C–N with tert-alkyl or cyclic N) is 1. The molecule has 1 heterocycles. The van der Waals surface area contributed by atoms with Gasteiger partial charge in [-0.3, -0.25) is 0 Å². The number of likely N-dealkylation sites (tertiary alicyclic amines) is 1. The zero-order chi connectivity index (χ0) is 18.9. The molecule has 3 rings (SSSR count). The molecule has 146 valence electrons. The summed E-state index contributed by atoms with van der Waals surface area (Å²) in [6.07, 6.45) is 4.16. The monoisotopic (exact) mass is 367 g/mol. The Kier molecular flexibility index (Phi) is 7.88. The van der Waals surface area contributed by atoms with E-state index in [1.54, 1.807) is 0 Å². The minimum atomic E-state index is -0.423. The molecule has 3 nitrogen and oxygen atoms in total. The summed E-state index contributed by atoms with van der Waals surface area (Å²) >= 11 is 0. The maximum absolute atomic E-state index is 10.4. The van der Waals surface area contributed by atoms with Crippen molar-refractivity contribution in [3.8, 4) is 0 Å². The average molecular weight is 368 g/mol. The number of rotatable bonds is 9. The van der Waals surface area contributed by atoms with E-state index in [0.717, 1.165) is 25.4 Å². The number of hydrogen-bond donors (Lipinski definition) is 1. The van der Waals surface area contributed by atoms with E-state index in [4.69, 9.17) is 4.74 Å². The highest BCUT2D eigenvalue weighted by molar-refractivity contribution is 5.17. The van der Waals surface area contributed by atoms with Gasteiger partial charge in [-0.2, -0.15) is 0 Å². The van der Waals surface area contributed by atoms with Crippen LogP contribution < -0.4 is 0 Å². The van der Waals surface area contributed by atoms with Gasteiger partial charge in [-0.25, -0.2) is 0 Å². The Labute approximate surface area is 164 Å². The van der Waals surface area contributed by atoms with E-state index in [-0.39, 0.29) is 6.10 Å². The number of nitrogens with zero attached hydrogens (tertiary/aromatic N) is 1. The predicted molar refractivity (Wildman–Crippen MR) is 111 cm³/mol. The Morgan fingerprint density at radius 3 is 2.26 bits per heavy atom. The van der Waals surface area contributed by atoms with Crippen LogP contribution >= 0.6 is 0 Å². The molecule has 0 spiro atoms. The van der Waals surface area contributed by atoms with Crippen molar-refractivity contribution in [1.29, 1.82) is 0 Å². The van der Waals surface area contributed by atoms with Crippen LogP contribution in [0.15, 0.2) is 60.7 Å². The maximum atomic E-state index is 10.4. The standard InChI is InChI=1S/C24H33NO2/c1-2-24(22-11-7-4-8-12-22)27-19-23(26)18-25-15-13-21(14-16-25)17-20-9-5-3-6-10-20/h3-12,21,23-24,26H,2,13-19H2,1H3/t23-,24-/m0/s1. The van der Waals surface area contributed by atoms with Crippen LogP contribution in [0.25, 0.3) is 0 Å². The third-order valence-electron chi connectivity index (χ3n) is 5.58. The van der Waals surface area contributed by atoms with E-state index in [0.29, 0.717) is 13.2 Å². The van der Waals surface area contributed by atoms with Gasteiger partial charge in [0.25, 0.3) is 0 Å². The number of hydrogen-bond acceptors (Lipinski definition) is 3. The van der Waals surface area contributed by atoms with E-state index < -0.39 is 6.10 Å². The predicted octanol–water partition coefficient (Wildman–Crippen LogP) is 4.47. The first kappa shape index (κ1) is 20.1. The smallest absolute Gasteiger partial charge is 0.0900 e. The molecule has 2 aromatic rings. The van der Waals surface area contributed by atoms with E-state index in [9.17, 15) is 5.11 Å². The maximum Gasteiger partial charge on any atom is 0.0900 e. The topological polar surface area (TPSA) is 32.7 Å². The van der Waals surface area contributed by atoms with Gasteiger partial charge in [0, 0.05) is 6.54 Å².